The number of carbonyl (C=O) groups is 1. The molecule has 0 aliphatic heterocycles. The highest BCUT2D eigenvalue weighted by Crippen LogP contribution is 2.27. The molecule has 0 atom stereocenters. The van der Waals surface area contributed by atoms with Gasteiger partial charge in [0.1, 0.15) is 11.8 Å². The third-order valence-electron chi connectivity index (χ3n) is 3.94. The van der Waals surface area contributed by atoms with Crippen LogP contribution in [0, 0.1) is 13.8 Å². The van der Waals surface area contributed by atoms with Gasteiger partial charge in [0.2, 0.25) is 0 Å². The fraction of sp³-hybridized carbons (Fsp3) is 0.368. The first-order valence-electron chi connectivity index (χ1n) is 7.68. The van der Waals surface area contributed by atoms with Gasteiger partial charge in [0.15, 0.2) is 0 Å². The van der Waals surface area contributed by atoms with Crippen molar-refractivity contribution in [3.05, 3.63) is 62.4 Å². The van der Waals surface area contributed by atoms with Gasteiger partial charge in [-0.3, -0.25) is 0 Å². The van der Waals surface area contributed by atoms with E-state index < -0.39 is 5.97 Å². The van der Waals surface area contributed by atoms with E-state index >= 15 is 0 Å². The Morgan fingerprint density at radius 2 is 1.71 bits per heavy atom. The van der Waals surface area contributed by atoms with E-state index in [2.05, 4.69) is 37.9 Å². The molecule has 0 radical (unpaired) electrons. The van der Waals surface area contributed by atoms with E-state index in [-0.39, 0.29) is 27.8 Å². The van der Waals surface area contributed by atoms with Crippen LogP contribution in [0.5, 0.6) is 0 Å². The number of halogens is 2. The number of ether oxygens (including phenoxy) is 1. The molecule has 0 aliphatic carbocycles. The molecule has 0 fully saturated rings. The van der Waals surface area contributed by atoms with E-state index in [4.69, 9.17) is 27.9 Å². The molecule has 0 unspecified atom stereocenters. The first kappa shape index (κ1) is 18.8. The topological polar surface area (TPSA) is 39.2 Å². The molecule has 24 heavy (non-hydrogen) atoms. The van der Waals surface area contributed by atoms with E-state index in [9.17, 15) is 4.79 Å². The van der Waals surface area contributed by atoms with Gasteiger partial charge >= 0.3 is 5.97 Å². The SMILES string of the molecule is Cc1cc(C(C)(C)C)cc(C)c1COC(=O)c1cnc(Cl)c(Cl)c1. The van der Waals surface area contributed by atoms with Crippen molar-refractivity contribution in [1.29, 1.82) is 0 Å². The van der Waals surface area contributed by atoms with E-state index in [1.54, 1.807) is 0 Å². The maximum Gasteiger partial charge on any atom is 0.340 e. The number of hydrogen-bond acceptors (Lipinski definition) is 3. The highest BCUT2D eigenvalue weighted by molar-refractivity contribution is 6.41. The monoisotopic (exact) mass is 365 g/mol. The normalized spacial score (nSPS) is 11.5. The molecule has 0 bridgehead atoms. The summed E-state index contributed by atoms with van der Waals surface area (Å²) >= 11 is 11.6. The van der Waals surface area contributed by atoms with Crippen LogP contribution in [0.4, 0.5) is 0 Å². The van der Waals surface area contributed by atoms with Crippen molar-refractivity contribution in [2.45, 2.75) is 46.6 Å². The number of carbonyl (C=O) groups excluding carboxylic acids is 1. The van der Waals surface area contributed by atoms with Crippen molar-refractivity contribution < 1.29 is 9.53 Å². The molecular formula is C19H21Cl2NO2. The number of aryl methyl sites for hydroxylation is 2. The van der Waals surface area contributed by atoms with Crippen LogP contribution in [0.15, 0.2) is 24.4 Å². The second-order valence-electron chi connectivity index (χ2n) is 6.91. The van der Waals surface area contributed by atoms with Crippen molar-refractivity contribution in [2.24, 2.45) is 0 Å². The maximum atomic E-state index is 12.2. The fourth-order valence-electron chi connectivity index (χ4n) is 2.41. The zero-order valence-corrected chi connectivity index (χ0v) is 16.0. The summed E-state index contributed by atoms with van der Waals surface area (Å²) in [6.45, 7) is 10.8. The lowest BCUT2D eigenvalue weighted by Crippen LogP contribution is -2.13. The van der Waals surface area contributed by atoms with E-state index in [0.717, 1.165) is 16.7 Å². The molecule has 128 valence electrons. The minimum absolute atomic E-state index is 0.0798. The summed E-state index contributed by atoms with van der Waals surface area (Å²) in [6.07, 6.45) is 1.36. The number of benzene rings is 1. The minimum Gasteiger partial charge on any atom is -0.457 e. The van der Waals surface area contributed by atoms with E-state index in [0.29, 0.717) is 0 Å². The van der Waals surface area contributed by atoms with Gasteiger partial charge in [0.05, 0.1) is 10.6 Å². The highest BCUT2D eigenvalue weighted by Gasteiger charge is 2.17. The Bertz CT molecular complexity index is 756. The summed E-state index contributed by atoms with van der Waals surface area (Å²) in [5.41, 5.74) is 4.87. The second-order valence-corrected chi connectivity index (χ2v) is 7.68. The van der Waals surface area contributed by atoms with Crippen LogP contribution in [0.1, 0.15) is 53.4 Å². The first-order valence-corrected chi connectivity index (χ1v) is 8.44. The Hall–Kier alpha value is -1.58. The van der Waals surface area contributed by atoms with Gasteiger partial charge in [-0.1, -0.05) is 56.1 Å². The Kier molecular flexibility index (Phi) is 5.56. The van der Waals surface area contributed by atoms with Crippen molar-refractivity contribution in [3.63, 3.8) is 0 Å². The molecule has 1 aromatic heterocycles. The number of pyridine rings is 1. The van der Waals surface area contributed by atoms with Crippen LogP contribution in [0.3, 0.4) is 0 Å². The van der Waals surface area contributed by atoms with Gasteiger partial charge in [-0.05, 0) is 47.6 Å². The van der Waals surface area contributed by atoms with Crippen LogP contribution in [-0.2, 0) is 16.8 Å². The largest absolute Gasteiger partial charge is 0.457 e. The smallest absolute Gasteiger partial charge is 0.340 e. The number of nitrogens with zero attached hydrogens (tertiary/aromatic N) is 1. The van der Waals surface area contributed by atoms with E-state index in [1.807, 2.05) is 13.8 Å². The molecule has 3 nitrogen and oxygen atoms in total. The van der Waals surface area contributed by atoms with Crippen molar-refractivity contribution in [1.82, 2.24) is 4.98 Å². The fourth-order valence-corrected chi connectivity index (χ4v) is 2.68. The summed E-state index contributed by atoms with van der Waals surface area (Å²) in [7, 11) is 0. The molecule has 0 saturated carbocycles. The number of rotatable bonds is 3. The lowest BCUT2D eigenvalue weighted by molar-refractivity contribution is 0.0471. The lowest BCUT2D eigenvalue weighted by Gasteiger charge is -2.22. The predicted molar refractivity (Wildman–Crippen MR) is 98.0 cm³/mol. The van der Waals surface area contributed by atoms with Crippen LogP contribution < -0.4 is 0 Å². The summed E-state index contributed by atoms with van der Waals surface area (Å²) in [4.78, 5) is 16.0. The highest BCUT2D eigenvalue weighted by atomic mass is 35.5. The van der Waals surface area contributed by atoms with Crippen LogP contribution in [0.2, 0.25) is 10.2 Å². The summed E-state index contributed by atoms with van der Waals surface area (Å²) in [5.74, 6) is -0.472. The van der Waals surface area contributed by atoms with Gasteiger partial charge in [0.25, 0.3) is 0 Å². The van der Waals surface area contributed by atoms with Gasteiger partial charge in [-0.2, -0.15) is 0 Å². The van der Waals surface area contributed by atoms with Gasteiger partial charge in [0, 0.05) is 6.20 Å². The summed E-state index contributed by atoms with van der Waals surface area (Å²) in [6, 6.07) is 5.76. The zero-order chi connectivity index (χ0) is 18.1. The van der Waals surface area contributed by atoms with Crippen molar-refractivity contribution in [3.8, 4) is 0 Å². The molecule has 2 rings (SSSR count). The van der Waals surface area contributed by atoms with Crippen LogP contribution >= 0.6 is 23.2 Å². The molecule has 0 aliphatic rings. The first-order chi connectivity index (χ1) is 11.1. The lowest BCUT2D eigenvalue weighted by atomic mass is 9.84. The average molecular weight is 366 g/mol. The quantitative estimate of drug-likeness (QED) is 0.520. The molecule has 1 aromatic carbocycles. The van der Waals surface area contributed by atoms with Gasteiger partial charge in [-0.25, -0.2) is 9.78 Å². The number of esters is 1. The molecule has 0 N–H and O–H groups in total. The van der Waals surface area contributed by atoms with Crippen molar-refractivity contribution in [2.75, 3.05) is 0 Å². The molecule has 2 aromatic rings. The third-order valence-corrected chi connectivity index (χ3v) is 4.63. The summed E-state index contributed by atoms with van der Waals surface area (Å²) in [5, 5.41) is 0.394. The average Bonchev–Trinajstić information content (AvgIpc) is 2.47. The molecule has 1 heterocycles. The zero-order valence-electron chi connectivity index (χ0n) is 14.5. The molecular weight excluding hydrogens is 345 g/mol. The third kappa shape index (κ3) is 4.28. The Balaban J connectivity index is 2.17. The Morgan fingerprint density at radius 1 is 1.12 bits per heavy atom. The van der Waals surface area contributed by atoms with Gasteiger partial charge < -0.3 is 4.74 Å². The predicted octanol–water partition coefficient (Wildman–Crippen LogP) is 5.66. The molecule has 0 amide bonds. The second kappa shape index (κ2) is 7.12. The van der Waals surface area contributed by atoms with Crippen LogP contribution in [-0.4, -0.2) is 11.0 Å². The summed E-state index contributed by atoms with van der Waals surface area (Å²) < 4.78 is 5.42. The number of aromatic nitrogens is 1. The Morgan fingerprint density at radius 3 is 2.21 bits per heavy atom. The van der Waals surface area contributed by atoms with Crippen LogP contribution in [0.25, 0.3) is 0 Å². The van der Waals surface area contributed by atoms with Crippen molar-refractivity contribution >= 4 is 29.2 Å². The Labute approximate surface area is 153 Å². The number of hydrogen-bond donors (Lipinski definition) is 0. The van der Waals surface area contributed by atoms with E-state index in [1.165, 1.54) is 17.8 Å². The molecule has 0 saturated heterocycles. The standard InChI is InChI=1S/C19H21Cl2NO2/c1-11-6-14(19(3,4)5)7-12(2)15(11)10-24-18(23)13-8-16(20)17(21)22-9-13/h6-9H,10H2,1-5H3. The molecule has 5 heteroatoms. The maximum absolute atomic E-state index is 12.2. The minimum atomic E-state index is -0.472. The van der Waals surface area contributed by atoms with Gasteiger partial charge in [-0.15, -0.1) is 0 Å². The molecule has 0 spiro atoms.